The summed E-state index contributed by atoms with van der Waals surface area (Å²) < 4.78 is 7.19. The van der Waals surface area contributed by atoms with Gasteiger partial charge in [0.25, 0.3) is 0 Å². The molecular formula is C10H20N6O. The van der Waals surface area contributed by atoms with Crippen LogP contribution in [-0.4, -0.2) is 58.0 Å². The van der Waals surface area contributed by atoms with E-state index in [-0.39, 0.29) is 0 Å². The van der Waals surface area contributed by atoms with Crippen molar-refractivity contribution in [1.29, 1.82) is 0 Å². The molecule has 0 saturated carbocycles. The predicted octanol–water partition coefficient (Wildman–Crippen LogP) is -0.756. The van der Waals surface area contributed by atoms with Gasteiger partial charge in [0.05, 0.1) is 19.8 Å². The minimum Gasteiger partial charge on any atom is -0.379 e. The lowest BCUT2D eigenvalue weighted by atomic mass is 10.3. The van der Waals surface area contributed by atoms with Gasteiger partial charge in [-0.15, -0.1) is 5.10 Å². The van der Waals surface area contributed by atoms with Crippen molar-refractivity contribution in [2.45, 2.75) is 25.9 Å². The van der Waals surface area contributed by atoms with Crippen LogP contribution >= 0.6 is 0 Å². The van der Waals surface area contributed by atoms with Crippen LogP contribution in [0.1, 0.15) is 18.7 Å². The van der Waals surface area contributed by atoms with E-state index in [9.17, 15) is 0 Å². The molecule has 1 fully saturated rings. The topological polar surface area (TPSA) is 82.1 Å². The fourth-order valence-corrected chi connectivity index (χ4v) is 1.88. The number of aryl methyl sites for hydroxylation is 1. The third-order valence-corrected chi connectivity index (χ3v) is 2.90. The molecule has 2 heterocycles. The predicted molar refractivity (Wildman–Crippen MR) is 62.2 cm³/mol. The molecule has 0 aliphatic carbocycles. The van der Waals surface area contributed by atoms with Gasteiger partial charge >= 0.3 is 0 Å². The minimum atomic E-state index is 0.723. The largest absolute Gasteiger partial charge is 0.379 e. The molecule has 1 aromatic rings. The second kappa shape index (κ2) is 6.63. The molecule has 0 spiro atoms. The first-order valence-electron chi connectivity index (χ1n) is 6.15. The van der Waals surface area contributed by atoms with Gasteiger partial charge < -0.3 is 10.5 Å². The van der Waals surface area contributed by atoms with Gasteiger partial charge in [-0.2, -0.15) is 0 Å². The Morgan fingerprint density at radius 1 is 1.24 bits per heavy atom. The number of tetrazole rings is 1. The summed E-state index contributed by atoms with van der Waals surface area (Å²) in [6.45, 7) is 5.89. The molecule has 2 rings (SSSR count). The molecule has 0 radical (unpaired) electrons. The third-order valence-electron chi connectivity index (χ3n) is 2.90. The first kappa shape index (κ1) is 12.4. The van der Waals surface area contributed by atoms with Crippen molar-refractivity contribution in [2.24, 2.45) is 5.73 Å². The molecule has 0 aromatic carbocycles. The average molecular weight is 240 g/mol. The van der Waals surface area contributed by atoms with Crippen LogP contribution in [0.2, 0.25) is 0 Å². The van der Waals surface area contributed by atoms with Gasteiger partial charge in [0, 0.05) is 19.6 Å². The van der Waals surface area contributed by atoms with Crippen LogP contribution in [0.3, 0.4) is 0 Å². The Kier molecular flexibility index (Phi) is 4.84. The highest BCUT2D eigenvalue weighted by atomic mass is 16.5. The Hall–Kier alpha value is -1.05. The molecule has 2 N–H and O–H groups in total. The molecule has 1 aromatic heterocycles. The Morgan fingerprint density at radius 2 is 2.06 bits per heavy atom. The fourth-order valence-electron chi connectivity index (χ4n) is 1.88. The molecular weight excluding hydrogens is 220 g/mol. The molecule has 7 heteroatoms. The maximum absolute atomic E-state index is 5.47. The Morgan fingerprint density at radius 3 is 2.82 bits per heavy atom. The lowest BCUT2D eigenvalue weighted by Crippen LogP contribution is -2.36. The van der Waals surface area contributed by atoms with E-state index in [1.165, 1.54) is 0 Å². The molecule has 1 saturated heterocycles. The van der Waals surface area contributed by atoms with Gasteiger partial charge in [0.1, 0.15) is 0 Å². The number of morpholine rings is 1. The number of hydrogen-bond donors (Lipinski definition) is 1. The zero-order chi connectivity index (χ0) is 11.9. The van der Waals surface area contributed by atoms with Crippen LogP contribution in [0, 0.1) is 0 Å². The Bertz CT molecular complexity index is 322. The molecule has 7 nitrogen and oxygen atoms in total. The Labute approximate surface area is 101 Å². The summed E-state index contributed by atoms with van der Waals surface area (Å²) in [6, 6.07) is 0. The minimum absolute atomic E-state index is 0.723. The molecule has 1 aliphatic heterocycles. The molecule has 0 unspecified atom stereocenters. The third kappa shape index (κ3) is 3.72. The number of aromatic nitrogens is 4. The molecule has 0 bridgehead atoms. The van der Waals surface area contributed by atoms with Crippen LogP contribution in [0.5, 0.6) is 0 Å². The van der Waals surface area contributed by atoms with E-state index in [0.29, 0.717) is 0 Å². The van der Waals surface area contributed by atoms with Gasteiger partial charge in [-0.05, 0) is 29.8 Å². The summed E-state index contributed by atoms with van der Waals surface area (Å²) in [7, 11) is 0. The number of rotatable bonds is 6. The molecule has 96 valence electrons. The van der Waals surface area contributed by atoms with Crippen LogP contribution in [0.25, 0.3) is 0 Å². The van der Waals surface area contributed by atoms with E-state index in [2.05, 4.69) is 20.4 Å². The summed E-state index contributed by atoms with van der Waals surface area (Å²) in [5.41, 5.74) is 5.47. The molecule has 0 atom stereocenters. The molecule has 0 amide bonds. The second-order valence-electron chi connectivity index (χ2n) is 4.20. The van der Waals surface area contributed by atoms with Gasteiger partial charge in [0.2, 0.25) is 0 Å². The maximum atomic E-state index is 5.47. The van der Waals surface area contributed by atoms with Gasteiger partial charge in [-0.3, -0.25) is 4.90 Å². The van der Waals surface area contributed by atoms with Crippen LogP contribution < -0.4 is 5.73 Å². The van der Waals surface area contributed by atoms with E-state index in [1.807, 2.05) is 4.68 Å². The average Bonchev–Trinajstić information content (AvgIpc) is 2.79. The van der Waals surface area contributed by atoms with Crippen molar-refractivity contribution in [2.75, 3.05) is 32.8 Å². The number of hydrogen-bond acceptors (Lipinski definition) is 6. The quantitative estimate of drug-likeness (QED) is 0.658. The van der Waals surface area contributed by atoms with Crippen molar-refractivity contribution in [3.05, 3.63) is 5.82 Å². The standard InChI is InChI=1S/C10H20N6O/c11-3-1-2-4-16-10(12-13-14-16)9-15-5-7-17-8-6-15/h1-9,11H2. The summed E-state index contributed by atoms with van der Waals surface area (Å²) >= 11 is 0. The summed E-state index contributed by atoms with van der Waals surface area (Å²) in [5.74, 6) is 0.934. The van der Waals surface area contributed by atoms with Crippen molar-refractivity contribution >= 4 is 0 Å². The van der Waals surface area contributed by atoms with Crippen molar-refractivity contribution in [3.63, 3.8) is 0 Å². The highest BCUT2D eigenvalue weighted by molar-refractivity contribution is 4.82. The van der Waals surface area contributed by atoms with Gasteiger partial charge in [-0.1, -0.05) is 0 Å². The zero-order valence-electron chi connectivity index (χ0n) is 10.1. The van der Waals surface area contributed by atoms with E-state index in [4.69, 9.17) is 10.5 Å². The van der Waals surface area contributed by atoms with E-state index >= 15 is 0 Å². The number of nitrogens with two attached hydrogens (primary N) is 1. The number of ether oxygens (including phenoxy) is 1. The van der Waals surface area contributed by atoms with Crippen LogP contribution in [0.15, 0.2) is 0 Å². The van der Waals surface area contributed by atoms with Crippen LogP contribution in [-0.2, 0) is 17.8 Å². The zero-order valence-corrected chi connectivity index (χ0v) is 10.1. The SMILES string of the molecule is NCCCCn1nnnc1CN1CCOCC1. The molecule has 17 heavy (non-hydrogen) atoms. The van der Waals surface area contributed by atoms with Gasteiger partial charge in [0.15, 0.2) is 5.82 Å². The second-order valence-corrected chi connectivity index (χ2v) is 4.20. The summed E-state index contributed by atoms with van der Waals surface area (Å²) in [5, 5.41) is 11.8. The lowest BCUT2D eigenvalue weighted by Gasteiger charge is -2.25. The van der Waals surface area contributed by atoms with E-state index in [0.717, 1.165) is 64.6 Å². The lowest BCUT2D eigenvalue weighted by molar-refractivity contribution is 0.0324. The highest BCUT2D eigenvalue weighted by Gasteiger charge is 2.14. The van der Waals surface area contributed by atoms with Gasteiger partial charge in [-0.25, -0.2) is 4.68 Å². The fraction of sp³-hybridized carbons (Fsp3) is 0.900. The van der Waals surface area contributed by atoms with Crippen molar-refractivity contribution in [3.8, 4) is 0 Å². The Balaban J connectivity index is 1.84. The van der Waals surface area contributed by atoms with E-state index in [1.54, 1.807) is 0 Å². The first-order valence-corrected chi connectivity index (χ1v) is 6.15. The highest BCUT2D eigenvalue weighted by Crippen LogP contribution is 2.04. The summed E-state index contributed by atoms with van der Waals surface area (Å²) in [6.07, 6.45) is 2.04. The summed E-state index contributed by atoms with van der Waals surface area (Å²) in [4.78, 5) is 2.31. The number of unbranched alkanes of at least 4 members (excludes halogenated alkanes) is 1. The monoisotopic (exact) mass is 240 g/mol. The maximum Gasteiger partial charge on any atom is 0.165 e. The smallest absolute Gasteiger partial charge is 0.165 e. The molecule has 1 aliphatic rings. The number of nitrogens with zero attached hydrogens (tertiary/aromatic N) is 5. The normalized spacial score (nSPS) is 17.5. The van der Waals surface area contributed by atoms with Crippen molar-refractivity contribution < 1.29 is 4.74 Å². The van der Waals surface area contributed by atoms with Crippen LogP contribution in [0.4, 0.5) is 0 Å². The van der Waals surface area contributed by atoms with Crippen molar-refractivity contribution in [1.82, 2.24) is 25.1 Å². The first-order chi connectivity index (χ1) is 8.40. The van der Waals surface area contributed by atoms with E-state index < -0.39 is 0 Å².